The van der Waals surface area contributed by atoms with Crippen LogP contribution in [0.3, 0.4) is 0 Å². The van der Waals surface area contributed by atoms with Gasteiger partial charge in [-0.15, -0.1) is 0 Å². The molecule has 0 aliphatic carbocycles. The molecule has 0 fully saturated rings. The number of phenols is 1. The summed E-state index contributed by atoms with van der Waals surface area (Å²) >= 11 is 0. The molecule has 0 saturated carbocycles. The summed E-state index contributed by atoms with van der Waals surface area (Å²) < 4.78 is 0. The summed E-state index contributed by atoms with van der Waals surface area (Å²) in [5.74, 6) is 0.159. The molecule has 1 N–H and O–H groups in total. The molecule has 19 heavy (non-hydrogen) atoms. The maximum atomic E-state index is 12.3. The molecule has 0 heterocycles. The molecule has 0 aliphatic rings. The van der Waals surface area contributed by atoms with Crippen molar-refractivity contribution in [1.29, 1.82) is 0 Å². The summed E-state index contributed by atoms with van der Waals surface area (Å²) in [6, 6.07) is 5.09. The van der Waals surface area contributed by atoms with E-state index >= 15 is 0 Å². The van der Waals surface area contributed by atoms with Gasteiger partial charge in [-0.3, -0.25) is 4.79 Å². The van der Waals surface area contributed by atoms with Gasteiger partial charge < -0.3 is 14.9 Å². The molecule has 1 amide bonds. The third-order valence-electron chi connectivity index (χ3n) is 3.16. The fourth-order valence-corrected chi connectivity index (χ4v) is 1.91. The molecule has 0 radical (unpaired) electrons. The average molecular weight is 264 g/mol. The largest absolute Gasteiger partial charge is 0.508 e. The summed E-state index contributed by atoms with van der Waals surface area (Å²) in [5.41, 5.74) is 1.34. The second kappa shape index (κ2) is 7.14. The summed E-state index contributed by atoms with van der Waals surface area (Å²) in [6.45, 7) is 6.17. The highest BCUT2D eigenvalue weighted by Gasteiger charge is 2.14. The number of benzene rings is 1. The lowest BCUT2D eigenvalue weighted by atomic mass is 10.1. The first-order valence-corrected chi connectivity index (χ1v) is 6.69. The van der Waals surface area contributed by atoms with Crippen molar-refractivity contribution in [2.24, 2.45) is 0 Å². The third-order valence-corrected chi connectivity index (χ3v) is 3.16. The Hall–Kier alpha value is -1.55. The fourth-order valence-electron chi connectivity index (χ4n) is 1.91. The minimum atomic E-state index is -0.0171. The Labute approximate surface area is 115 Å². The van der Waals surface area contributed by atoms with E-state index in [0.717, 1.165) is 25.1 Å². The molecule has 0 unspecified atom stereocenters. The number of phenolic OH excluding ortho intramolecular Hbond substituents is 1. The maximum absolute atomic E-state index is 12.3. The van der Waals surface area contributed by atoms with Crippen LogP contribution in [0, 0.1) is 6.92 Å². The third kappa shape index (κ3) is 4.56. The number of carbonyl (C=O) groups is 1. The maximum Gasteiger partial charge on any atom is 0.253 e. The van der Waals surface area contributed by atoms with Crippen molar-refractivity contribution < 1.29 is 9.90 Å². The van der Waals surface area contributed by atoms with Crippen LogP contribution in [0.4, 0.5) is 0 Å². The Balaban J connectivity index is 2.69. The van der Waals surface area contributed by atoms with E-state index in [2.05, 4.69) is 4.90 Å². The van der Waals surface area contributed by atoms with Crippen LogP contribution in [-0.4, -0.2) is 54.5 Å². The van der Waals surface area contributed by atoms with Crippen LogP contribution in [-0.2, 0) is 0 Å². The number of amides is 1. The van der Waals surface area contributed by atoms with Crippen LogP contribution in [0.25, 0.3) is 0 Å². The molecule has 4 nitrogen and oxygen atoms in total. The molecule has 106 valence electrons. The molecular formula is C15H24N2O2. The van der Waals surface area contributed by atoms with Gasteiger partial charge in [0.25, 0.3) is 5.91 Å². The molecule has 0 saturated heterocycles. The molecule has 0 bridgehead atoms. The minimum absolute atomic E-state index is 0.0171. The van der Waals surface area contributed by atoms with E-state index in [1.165, 1.54) is 0 Å². The lowest BCUT2D eigenvalue weighted by molar-refractivity contribution is 0.0759. The monoisotopic (exact) mass is 264 g/mol. The number of nitrogens with zero attached hydrogens (tertiary/aromatic N) is 2. The highest BCUT2D eigenvalue weighted by molar-refractivity contribution is 5.94. The zero-order valence-electron chi connectivity index (χ0n) is 12.3. The van der Waals surface area contributed by atoms with Gasteiger partial charge in [0.2, 0.25) is 0 Å². The van der Waals surface area contributed by atoms with Crippen molar-refractivity contribution >= 4 is 5.91 Å². The first kappa shape index (κ1) is 15.5. The van der Waals surface area contributed by atoms with Crippen LogP contribution in [0.1, 0.15) is 29.3 Å². The van der Waals surface area contributed by atoms with Gasteiger partial charge >= 0.3 is 0 Å². The topological polar surface area (TPSA) is 43.8 Å². The Morgan fingerprint density at radius 2 is 1.95 bits per heavy atom. The van der Waals surface area contributed by atoms with Gasteiger partial charge in [-0.2, -0.15) is 0 Å². The van der Waals surface area contributed by atoms with Crippen LogP contribution in [0.15, 0.2) is 18.2 Å². The number of rotatable bonds is 6. The zero-order valence-corrected chi connectivity index (χ0v) is 12.3. The lowest BCUT2D eigenvalue weighted by Crippen LogP contribution is -2.33. The molecular weight excluding hydrogens is 240 g/mol. The highest BCUT2D eigenvalue weighted by atomic mass is 16.3. The predicted octanol–water partition coefficient (Wildman–Crippen LogP) is 2.11. The molecule has 4 heteroatoms. The Kier molecular flexibility index (Phi) is 5.83. The van der Waals surface area contributed by atoms with Gasteiger partial charge in [0.15, 0.2) is 0 Å². The van der Waals surface area contributed by atoms with E-state index in [-0.39, 0.29) is 11.7 Å². The van der Waals surface area contributed by atoms with Gasteiger partial charge in [0.05, 0.1) is 0 Å². The van der Waals surface area contributed by atoms with E-state index in [4.69, 9.17) is 0 Å². The van der Waals surface area contributed by atoms with Crippen molar-refractivity contribution in [3.8, 4) is 5.75 Å². The fraction of sp³-hybridized carbons (Fsp3) is 0.533. The van der Waals surface area contributed by atoms with Crippen LogP contribution in [0.5, 0.6) is 5.75 Å². The second-order valence-corrected chi connectivity index (χ2v) is 5.04. The minimum Gasteiger partial charge on any atom is -0.508 e. The summed E-state index contributed by atoms with van der Waals surface area (Å²) in [4.78, 5) is 16.2. The van der Waals surface area contributed by atoms with Gasteiger partial charge in [0.1, 0.15) is 5.75 Å². The van der Waals surface area contributed by atoms with E-state index in [1.54, 1.807) is 18.2 Å². The van der Waals surface area contributed by atoms with Crippen molar-refractivity contribution in [3.63, 3.8) is 0 Å². The second-order valence-electron chi connectivity index (χ2n) is 5.04. The van der Waals surface area contributed by atoms with Gasteiger partial charge in [-0.25, -0.2) is 0 Å². The number of hydrogen-bond acceptors (Lipinski definition) is 3. The summed E-state index contributed by atoms with van der Waals surface area (Å²) in [7, 11) is 4.05. The predicted molar refractivity (Wildman–Crippen MR) is 77.6 cm³/mol. The number of carbonyl (C=O) groups excluding carboxylic acids is 1. The van der Waals surface area contributed by atoms with E-state index in [9.17, 15) is 9.90 Å². The Bertz CT molecular complexity index is 430. The smallest absolute Gasteiger partial charge is 0.253 e. The van der Waals surface area contributed by atoms with Crippen molar-refractivity contribution in [3.05, 3.63) is 29.3 Å². The van der Waals surface area contributed by atoms with E-state index in [1.807, 2.05) is 32.8 Å². The number of aromatic hydroxyl groups is 1. The Morgan fingerprint density at radius 1 is 1.26 bits per heavy atom. The van der Waals surface area contributed by atoms with Crippen molar-refractivity contribution in [1.82, 2.24) is 9.80 Å². The zero-order chi connectivity index (χ0) is 14.4. The Morgan fingerprint density at radius 3 is 2.47 bits per heavy atom. The van der Waals surface area contributed by atoms with Crippen LogP contribution >= 0.6 is 0 Å². The number of aryl methyl sites for hydroxylation is 1. The first-order chi connectivity index (χ1) is 8.95. The lowest BCUT2D eigenvalue weighted by Gasteiger charge is -2.22. The van der Waals surface area contributed by atoms with Crippen LogP contribution < -0.4 is 0 Å². The molecule has 1 aromatic rings. The standard InChI is InChI=1S/C15H24N2O2/c1-5-17(10-6-9-16(3)4)15(19)13-8-7-12(2)14(18)11-13/h7-8,11,18H,5-6,9-10H2,1-4H3. The van der Waals surface area contributed by atoms with E-state index < -0.39 is 0 Å². The molecule has 1 aromatic carbocycles. The van der Waals surface area contributed by atoms with Gasteiger partial charge in [0, 0.05) is 18.7 Å². The SMILES string of the molecule is CCN(CCCN(C)C)C(=O)c1ccc(C)c(O)c1. The molecule has 0 atom stereocenters. The number of hydrogen-bond donors (Lipinski definition) is 1. The molecule has 1 rings (SSSR count). The van der Waals surface area contributed by atoms with Crippen LogP contribution in [0.2, 0.25) is 0 Å². The molecule has 0 aromatic heterocycles. The van der Waals surface area contributed by atoms with Crippen molar-refractivity contribution in [2.75, 3.05) is 33.7 Å². The summed E-state index contributed by atoms with van der Waals surface area (Å²) in [5, 5.41) is 9.67. The normalized spacial score (nSPS) is 10.8. The first-order valence-electron chi connectivity index (χ1n) is 6.69. The average Bonchev–Trinajstić information content (AvgIpc) is 2.37. The molecule has 0 aliphatic heterocycles. The van der Waals surface area contributed by atoms with Gasteiger partial charge in [-0.05, 0) is 58.6 Å². The van der Waals surface area contributed by atoms with Crippen molar-refractivity contribution in [2.45, 2.75) is 20.3 Å². The van der Waals surface area contributed by atoms with Gasteiger partial charge in [-0.1, -0.05) is 6.07 Å². The summed E-state index contributed by atoms with van der Waals surface area (Å²) in [6.07, 6.45) is 0.949. The quantitative estimate of drug-likeness (QED) is 0.856. The van der Waals surface area contributed by atoms with E-state index in [0.29, 0.717) is 12.1 Å². The highest BCUT2D eigenvalue weighted by Crippen LogP contribution is 2.18. The molecule has 0 spiro atoms.